The molecule has 22 heavy (non-hydrogen) atoms. The Balaban J connectivity index is 2.12. The number of aliphatic hydroxyl groups is 1. The van der Waals surface area contributed by atoms with Crippen molar-refractivity contribution in [3.05, 3.63) is 46.2 Å². The van der Waals surface area contributed by atoms with Gasteiger partial charge in [0.2, 0.25) is 0 Å². The standard InChI is InChI=1S/C17H21NO2S2/c1-12-4-6-13(7-5-12)14-8-9-22-15(14)16(19)18-10-17(2,20)11-21-3/h4-9,20H,10-11H2,1-3H3,(H,18,19). The lowest BCUT2D eigenvalue weighted by molar-refractivity contribution is 0.0727. The molecule has 0 aliphatic heterocycles. The Bertz CT molecular complexity index is 632. The van der Waals surface area contributed by atoms with Gasteiger partial charge in [0.25, 0.3) is 5.91 Å². The van der Waals surface area contributed by atoms with Crippen LogP contribution >= 0.6 is 23.1 Å². The van der Waals surface area contributed by atoms with Gasteiger partial charge < -0.3 is 10.4 Å². The molecule has 1 aromatic carbocycles. The van der Waals surface area contributed by atoms with Crippen LogP contribution in [0.15, 0.2) is 35.7 Å². The summed E-state index contributed by atoms with van der Waals surface area (Å²) in [5, 5.41) is 14.9. The van der Waals surface area contributed by atoms with Crippen LogP contribution < -0.4 is 5.32 Å². The second-order valence-corrected chi connectivity index (χ2v) is 7.42. The van der Waals surface area contributed by atoms with Gasteiger partial charge in [0.05, 0.1) is 10.5 Å². The average molecular weight is 335 g/mol. The summed E-state index contributed by atoms with van der Waals surface area (Å²) in [6.45, 7) is 4.02. The van der Waals surface area contributed by atoms with E-state index in [9.17, 15) is 9.90 Å². The van der Waals surface area contributed by atoms with E-state index in [1.165, 1.54) is 16.9 Å². The second-order valence-electron chi connectivity index (χ2n) is 5.64. The van der Waals surface area contributed by atoms with Crippen LogP contribution in [-0.4, -0.2) is 35.2 Å². The molecule has 0 bridgehead atoms. The lowest BCUT2D eigenvalue weighted by Gasteiger charge is -2.22. The van der Waals surface area contributed by atoms with Crippen molar-refractivity contribution in [1.82, 2.24) is 5.32 Å². The van der Waals surface area contributed by atoms with E-state index in [1.807, 2.05) is 48.9 Å². The number of benzene rings is 1. The predicted octanol–water partition coefficient (Wildman–Crippen LogP) is 3.57. The number of nitrogens with one attached hydrogen (secondary N) is 1. The maximum absolute atomic E-state index is 12.4. The van der Waals surface area contributed by atoms with Gasteiger partial charge in [0, 0.05) is 17.9 Å². The van der Waals surface area contributed by atoms with Gasteiger partial charge in [-0.25, -0.2) is 0 Å². The van der Waals surface area contributed by atoms with Crippen LogP contribution in [0.5, 0.6) is 0 Å². The topological polar surface area (TPSA) is 49.3 Å². The zero-order valence-corrected chi connectivity index (χ0v) is 14.7. The summed E-state index contributed by atoms with van der Waals surface area (Å²) in [7, 11) is 0. The van der Waals surface area contributed by atoms with E-state index in [-0.39, 0.29) is 12.5 Å². The van der Waals surface area contributed by atoms with Gasteiger partial charge in [-0.1, -0.05) is 29.8 Å². The van der Waals surface area contributed by atoms with Gasteiger partial charge in [0.15, 0.2) is 0 Å². The molecule has 118 valence electrons. The number of aryl methyl sites for hydroxylation is 1. The second kappa shape index (κ2) is 7.31. The molecule has 2 N–H and O–H groups in total. The quantitative estimate of drug-likeness (QED) is 0.848. The molecule has 1 heterocycles. The predicted molar refractivity (Wildman–Crippen MR) is 95.8 cm³/mol. The van der Waals surface area contributed by atoms with E-state index in [0.29, 0.717) is 10.6 Å². The van der Waals surface area contributed by atoms with Crippen molar-refractivity contribution in [2.24, 2.45) is 0 Å². The molecule has 0 aliphatic rings. The van der Waals surface area contributed by atoms with Crippen molar-refractivity contribution in [2.75, 3.05) is 18.6 Å². The Hall–Kier alpha value is -1.30. The molecule has 1 unspecified atom stereocenters. The van der Waals surface area contributed by atoms with Crippen molar-refractivity contribution in [1.29, 1.82) is 0 Å². The average Bonchev–Trinajstić information content (AvgIpc) is 2.95. The molecule has 1 aromatic heterocycles. The maximum atomic E-state index is 12.4. The lowest BCUT2D eigenvalue weighted by Crippen LogP contribution is -2.42. The molecule has 0 spiro atoms. The third-order valence-electron chi connectivity index (χ3n) is 3.32. The molecule has 1 atom stereocenters. The van der Waals surface area contributed by atoms with Crippen molar-refractivity contribution in [3.8, 4) is 11.1 Å². The molecular formula is C17H21NO2S2. The summed E-state index contributed by atoms with van der Waals surface area (Å²) in [6, 6.07) is 10.1. The first-order valence-electron chi connectivity index (χ1n) is 7.07. The van der Waals surface area contributed by atoms with Crippen molar-refractivity contribution in [3.63, 3.8) is 0 Å². The molecular weight excluding hydrogens is 314 g/mol. The minimum absolute atomic E-state index is 0.132. The van der Waals surface area contributed by atoms with Gasteiger partial charge in [-0.3, -0.25) is 4.79 Å². The van der Waals surface area contributed by atoms with E-state index in [2.05, 4.69) is 5.32 Å². The maximum Gasteiger partial charge on any atom is 0.262 e. The Morgan fingerprint density at radius 2 is 2.00 bits per heavy atom. The van der Waals surface area contributed by atoms with Crippen LogP contribution in [0, 0.1) is 6.92 Å². The highest BCUT2D eigenvalue weighted by Gasteiger charge is 2.22. The summed E-state index contributed by atoms with van der Waals surface area (Å²) in [6.07, 6.45) is 1.94. The third kappa shape index (κ3) is 4.35. The third-order valence-corrected chi connectivity index (χ3v) is 5.14. The van der Waals surface area contributed by atoms with Crippen molar-refractivity contribution in [2.45, 2.75) is 19.4 Å². The largest absolute Gasteiger partial charge is 0.387 e. The van der Waals surface area contributed by atoms with Crippen LogP contribution in [0.4, 0.5) is 0 Å². The summed E-state index contributed by atoms with van der Waals surface area (Å²) in [5.41, 5.74) is 2.27. The zero-order chi connectivity index (χ0) is 16.2. The molecule has 0 saturated heterocycles. The van der Waals surface area contributed by atoms with E-state index in [1.54, 1.807) is 18.7 Å². The van der Waals surface area contributed by atoms with Crippen LogP contribution in [0.2, 0.25) is 0 Å². The first-order chi connectivity index (χ1) is 10.4. The fourth-order valence-electron chi connectivity index (χ4n) is 2.16. The first-order valence-corrected chi connectivity index (χ1v) is 9.34. The molecule has 2 aromatic rings. The van der Waals surface area contributed by atoms with Crippen LogP contribution in [0.25, 0.3) is 11.1 Å². The number of rotatable bonds is 6. The monoisotopic (exact) mass is 335 g/mol. The van der Waals surface area contributed by atoms with E-state index in [4.69, 9.17) is 0 Å². The number of carbonyl (C=O) groups is 1. The molecule has 5 heteroatoms. The van der Waals surface area contributed by atoms with E-state index in [0.717, 1.165) is 11.1 Å². The van der Waals surface area contributed by atoms with Gasteiger partial charge in [-0.2, -0.15) is 11.8 Å². The highest BCUT2D eigenvalue weighted by Crippen LogP contribution is 2.28. The van der Waals surface area contributed by atoms with Gasteiger partial charge in [-0.15, -0.1) is 11.3 Å². The van der Waals surface area contributed by atoms with Gasteiger partial charge >= 0.3 is 0 Å². The number of hydrogen-bond donors (Lipinski definition) is 2. The number of carbonyl (C=O) groups excluding carboxylic acids is 1. The van der Waals surface area contributed by atoms with Gasteiger partial charge in [0.1, 0.15) is 0 Å². The lowest BCUT2D eigenvalue weighted by atomic mass is 10.0. The molecule has 0 aliphatic carbocycles. The molecule has 0 saturated carbocycles. The fraction of sp³-hybridized carbons (Fsp3) is 0.353. The molecule has 3 nitrogen and oxygen atoms in total. The zero-order valence-electron chi connectivity index (χ0n) is 13.1. The number of thiophene rings is 1. The SMILES string of the molecule is CSCC(C)(O)CNC(=O)c1sccc1-c1ccc(C)cc1. The Morgan fingerprint density at radius 1 is 1.32 bits per heavy atom. The molecule has 2 rings (SSSR count). The van der Waals surface area contributed by atoms with Crippen molar-refractivity contribution < 1.29 is 9.90 Å². The van der Waals surface area contributed by atoms with Crippen LogP contribution in [0.3, 0.4) is 0 Å². The number of amides is 1. The minimum Gasteiger partial charge on any atom is -0.387 e. The molecule has 0 radical (unpaired) electrons. The Kier molecular flexibility index (Phi) is 5.67. The Labute approximate surface area is 139 Å². The van der Waals surface area contributed by atoms with E-state index < -0.39 is 5.60 Å². The van der Waals surface area contributed by atoms with Crippen LogP contribution in [-0.2, 0) is 0 Å². The van der Waals surface area contributed by atoms with E-state index >= 15 is 0 Å². The number of thioether (sulfide) groups is 1. The summed E-state index contributed by atoms with van der Waals surface area (Å²) in [4.78, 5) is 13.1. The number of hydrogen-bond acceptors (Lipinski definition) is 4. The van der Waals surface area contributed by atoms with Gasteiger partial charge in [-0.05, 0) is 37.1 Å². The molecule has 0 fully saturated rings. The highest BCUT2D eigenvalue weighted by molar-refractivity contribution is 7.98. The molecule has 1 amide bonds. The van der Waals surface area contributed by atoms with Crippen molar-refractivity contribution >= 4 is 29.0 Å². The first kappa shape index (κ1) is 17.1. The van der Waals surface area contributed by atoms with Crippen LogP contribution in [0.1, 0.15) is 22.2 Å². The fourth-order valence-corrected chi connectivity index (χ4v) is 3.71. The highest BCUT2D eigenvalue weighted by atomic mass is 32.2. The normalized spacial score (nSPS) is 13.6. The smallest absolute Gasteiger partial charge is 0.262 e. The summed E-state index contributed by atoms with van der Waals surface area (Å²) < 4.78 is 0. The Morgan fingerprint density at radius 3 is 2.64 bits per heavy atom. The summed E-state index contributed by atoms with van der Waals surface area (Å²) in [5.74, 6) is 0.453. The minimum atomic E-state index is -0.893. The summed E-state index contributed by atoms with van der Waals surface area (Å²) >= 11 is 2.98.